The minimum Gasteiger partial charge on any atom is -0.355 e. The second-order valence-electron chi connectivity index (χ2n) is 7.02. The molecule has 0 bridgehead atoms. The number of carbonyl (C=O) groups is 2. The average molecular weight is 455 g/mol. The molecule has 0 saturated carbocycles. The standard InChI is InChI=1S/C21H22N6O4S/c1-12-8-19(25-13(2)24-12)27-18-10-17(16(11-23-18)21(29)22-3)26-20(28)14-6-5-7-15(9-14)32(4,30)31/h5-11H,1-4H3,(H,22,29)(H2,23,24,25,26,27,28). The Labute approximate surface area is 185 Å². The highest BCUT2D eigenvalue weighted by Gasteiger charge is 2.17. The summed E-state index contributed by atoms with van der Waals surface area (Å²) in [5.41, 5.74) is 1.23. The Morgan fingerprint density at radius 3 is 2.38 bits per heavy atom. The van der Waals surface area contributed by atoms with Gasteiger partial charge in [-0.2, -0.15) is 0 Å². The topological polar surface area (TPSA) is 143 Å². The number of aryl methyl sites for hydroxylation is 2. The maximum Gasteiger partial charge on any atom is 0.255 e. The van der Waals surface area contributed by atoms with Gasteiger partial charge in [-0.05, 0) is 32.0 Å². The summed E-state index contributed by atoms with van der Waals surface area (Å²) in [4.78, 5) is 37.8. The van der Waals surface area contributed by atoms with Crippen molar-refractivity contribution < 1.29 is 18.0 Å². The van der Waals surface area contributed by atoms with E-state index in [9.17, 15) is 18.0 Å². The summed E-state index contributed by atoms with van der Waals surface area (Å²) >= 11 is 0. The van der Waals surface area contributed by atoms with Crippen LogP contribution in [-0.2, 0) is 9.84 Å². The van der Waals surface area contributed by atoms with Crippen molar-refractivity contribution in [3.05, 3.63) is 65.2 Å². The van der Waals surface area contributed by atoms with Crippen molar-refractivity contribution in [2.75, 3.05) is 23.9 Å². The van der Waals surface area contributed by atoms with Crippen LogP contribution in [0.5, 0.6) is 0 Å². The van der Waals surface area contributed by atoms with Crippen LogP contribution in [0.15, 0.2) is 47.5 Å². The van der Waals surface area contributed by atoms with Gasteiger partial charge in [-0.25, -0.2) is 23.4 Å². The highest BCUT2D eigenvalue weighted by atomic mass is 32.2. The fourth-order valence-corrected chi connectivity index (χ4v) is 3.58. The monoisotopic (exact) mass is 454 g/mol. The van der Waals surface area contributed by atoms with Gasteiger partial charge in [-0.1, -0.05) is 6.07 Å². The third-order valence-electron chi connectivity index (χ3n) is 4.37. The molecule has 1 aromatic carbocycles. The molecule has 2 aromatic heterocycles. The van der Waals surface area contributed by atoms with Gasteiger partial charge in [-0.3, -0.25) is 9.59 Å². The molecular weight excluding hydrogens is 432 g/mol. The normalized spacial score (nSPS) is 11.0. The number of rotatable bonds is 6. The molecule has 2 amide bonds. The number of amides is 2. The van der Waals surface area contributed by atoms with Crippen LogP contribution in [0.25, 0.3) is 0 Å². The number of hydrogen-bond acceptors (Lipinski definition) is 8. The van der Waals surface area contributed by atoms with Gasteiger partial charge < -0.3 is 16.0 Å². The molecule has 0 aliphatic carbocycles. The quantitative estimate of drug-likeness (QED) is 0.515. The number of aromatic nitrogens is 3. The van der Waals surface area contributed by atoms with Crippen LogP contribution in [0, 0.1) is 13.8 Å². The first-order chi connectivity index (χ1) is 15.1. The first kappa shape index (κ1) is 22.8. The molecule has 2 heterocycles. The molecule has 0 fully saturated rings. The largest absolute Gasteiger partial charge is 0.355 e. The van der Waals surface area contributed by atoms with Gasteiger partial charge in [0.2, 0.25) is 0 Å². The fourth-order valence-electron chi connectivity index (χ4n) is 2.92. The molecule has 0 atom stereocenters. The summed E-state index contributed by atoms with van der Waals surface area (Å²) in [5, 5.41) is 8.19. The van der Waals surface area contributed by atoms with Gasteiger partial charge in [-0.15, -0.1) is 0 Å². The summed E-state index contributed by atoms with van der Waals surface area (Å²) in [7, 11) is -2.02. The van der Waals surface area contributed by atoms with Crippen molar-refractivity contribution in [2.45, 2.75) is 18.7 Å². The minimum absolute atomic E-state index is 0.0169. The van der Waals surface area contributed by atoms with E-state index in [0.29, 0.717) is 17.5 Å². The Hall–Kier alpha value is -3.86. The van der Waals surface area contributed by atoms with E-state index in [4.69, 9.17) is 0 Å². The molecule has 0 saturated heterocycles. The maximum atomic E-state index is 12.8. The summed E-state index contributed by atoms with van der Waals surface area (Å²) < 4.78 is 23.6. The van der Waals surface area contributed by atoms with Crippen LogP contribution in [-0.4, -0.2) is 48.5 Å². The zero-order valence-electron chi connectivity index (χ0n) is 17.9. The SMILES string of the molecule is CNC(=O)c1cnc(Nc2cc(C)nc(C)n2)cc1NC(=O)c1cccc(S(C)(=O)=O)c1. The molecule has 10 nitrogen and oxygen atoms in total. The van der Waals surface area contributed by atoms with Gasteiger partial charge in [0, 0.05) is 42.9 Å². The molecule has 11 heteroatoms. The number of nitrogens with one attached hydrogen (secondary N) is 3. The summed E-state index contributed by atoms with van der Waals surface area (Å²) in [6, 6.07) is 8.87. The second kappa shape index (κ2) is 9.10. The van der Waals surface area contributed by atoms with Gasteiger partial charge in [0.25, 0.3) is 11.8 Å². The Morgan fingerprint density at radius 2 is 1.72 bits per heavy atom. The smallest absolute Gasteiger partial charge is 0.255 e. The maximum absolute atomic E-state index is 12.8. The fraction of sp³-hybridized carbons (Fsp3) is 0.190. The van der Waals surface area contributed by atoms with Crippen LogP contribution < -0.4 is 16.0 Å². The van der Waals surface area contributed by atoms with Gasteiger partial charge in [0.1, 0.15) is 17.5 Å². The van der Waals surface area contributed by atoms with E-state index in [1.807, 2.05) is 6.92 Å². The van der Waals surface area contributed by atoms with Crippen LogP contribution in [0.1, 0.15) is 32.2 Å². The van der Waals surface area contributed by atoms with E-state index in [2.05, 4.69) is 30.9 Å². The van der Waals surface area contributed by atoms with Crippen LogP contribution >= 0.6 is 0 Å². The molecule has 3 N–H and O–H groups in total. The van der Waals surface area contributed by atoms with E-state index in [1.54, 1.807) is 13.0 Å². The Kier molecular flexibility index (Phi) is 6.49. The van der Waals surface area contributed by atoms with Crippen LogP contribution in [0.2, 0.25) is 0 Å². The van der Waals surface area contributed by atoms with Gasteiger partial charge >= 0.3 is 0 Å². The summed E-state index contributed by atoms with van der Waals surface area (Å²) in [5.74, 6) is 0.405. The summed E-state index contributed by atoms with van der Waals surface area (Å²) in [6.07, 6.45) is 2.38. The van der Waals surface area contributed by atoms with Crippen LogP contribution in [0.3, 0.4) is 0 Å². The lowest BCUT2D eigenvalue weighted by molar-refractivity contribution is 0.0963. The summed E-state index contributed by atoms with van der Waals surface area (Å²) in [6.45, 7) is 3.59. The molecule has 0 radical (unpaired) electrons. The predicted molar refractivity (Wildman–Crippen MR) is 120 cm³/mol. The number of carbonyl (C=O) groups excluding carboxylic acids is 2. The first-order valence-electron chi connectivity index (χ1n) is 9.49. The van der Waals surface area contributed by atoms with Gasteiger partial charge in [0.05, 0.1) is 16.1 Å². The molecule has 0 aliphatic rings. The third-order valence-corrected chi connectivity index (χ3v) is 5.48. The third kappa shape index (κ3) is 5.43. The number of sulfone groups is 1. The van der Waals surface area contributed by atoms with Crippen molar-refractivity contribution in [3.63, 3.8) is 0 Å². The van der Waals surface area contributed by atoms with E-state index < -0.39 is 21.7 Å². The Balaban J connectivity index is 1.95. The number of nitrogens with zero attached hydrogens (tertiary/aromatic N) is 3. The highest BCUT2D eigenvalue weighted by Crippen LogP contribution is 2.23. The molecule has 3 aromatic rings. The van der Waals surface area contributed by atoms with Crippen LogP contribution in [0.4, 0.5) is 17.3 Å². The minimum atomic E-state index is -3.48. The lowest BCUT2D eigenvalue weighted by Crippen LogP contribution is -2.22. The van der Waals surface area contributed by atoms with Crippen molar-refractivity contribution >= 4 is 39.0 Å². The average Bonchev–Trinajstić information content (AvgIpc) is 2.72. The molecule has 3 rings (SSSR count). The molecule has 166 valence electrons. The van der Waals surface area contributed by atoms with E-state index in [0.717, 1.165) is 11.9 Å². The van der Waals surface area contributed by atoms with E-state index in [1.165, 1.54) is 43.6 Å². The number of pyridine rings is 1. The van der Waals surface area contributed by atoms with E-state index in [-0.39, 0.29) is 21.7 Å². The number of anilines is 3. The predicted octanol–water partition coefficient (Wildman–Crippen LogP) is 2.25. The van der Waals surface area contributed by atoms with Gasteiger partial charge in [0.15, 0.2) is 9.84 Å². The molecule has 0 aliphatic heterocycles. The molecule has 0 spiro atoms. The Bertz CT molecular complexity index is 1290. The van der Waals surface area contributed by atoms with Crippen molar-refractivity contribution in [2.24, 2.45) is 0 Å². The highest BCUT2D eigenvalue weighted by molar-refractivity contribution is 7.90. The first-order valence-corrected chi connectivity index (χ1v) is 11.4. The molecule has 0 unspecified atom stereocenters. The second-order valence-corrected chi connectivity index (χ2v) is 9.03. The molecule has 32 heavy (non-hydrogen) atoms. The van der Waals surface area contributed by atoms with Crippen molar-refractivity contribution in [1.29, 1.82) is 0 Å². The number of benzene rings is 1. The van der Waals surface area contributed by atoms with Crippen molar-refractivity contribution in [3.8, 4) is 0 Å². The van der Waals surface area contributed by atoms with Crippen molar-refractivity contribution in [1.82, 2.24) is 20.3 Å². The Morgan fingerprint density at radius 1 is 0.969 bits per heavy atom. The zero-order chi connectivity index (χ0) is 23.5. The molecular formula is C21H22N6O4S. The van der Waals surface area contributed by atoms with E-state index >= 15 is 0 Å². The number of hydrogen-bond donors (Lipinski definition) is 3. The lowest BCUT2D eigenvalue weighted by atomic mass is 10.1. The lowest BCUT2D eigenvalue weighted by Gasteiger charge is -2.13. The zero-order valence-corrected chi connectivity index (χ0v) is 18.7.